The van der Waals surface area contributed by atoms with Gasteiger partial charge in [-0.2, -0.15) is 0 Å². The topological polar surface area (TPSA) is 84.0 Å². The van der Waals surface area contributed by atoms with Crippen molar-refractivity contribution in [1.29, 1.82) is 0 Å². The Labute approximate surface area is 161 Å². The first kappa shape index (κ1) is 18.5. The monoisotopic (exact) mass is 380 g/mol. The highest BCUT2D eigenvalue weighted by atomic mass is 35.5. The van der Waals surface area contributed by atoms with Gasteiger partial charge in [-0.25, -0.2) is 0 Å². The number of ketones is 1. The Morgan fingerprint density at radius 1 is 1.00 bits per heavy atom. The third-order valence-electron chi connectivity index (χ3n) is 3.89. The third kappa shape index (κ3) is 4.68. The summed E-state index contributed by atoms with van der Waals surface area (Å²) in [6.07, 6.45) is 0. The number of nitrogens with zero attached hydrogens (tertiary/aromatic N) is 2. The zero-order chi connectivity index (χ0) is 19.4. The largest absolute Gasteiger partial charge is 0.338 e. The summed E-state index contributed by atoms with van der Waals surface area (Å²) in [7, 11) is 0. The normalized spacial score (nSPS) is 10.3. The van der Waals surface area contributed by atoms with E-state index in [-0.39, 0.29) is 11.5 Å². The van der Waals surface area contributed by atoms with Gasteiger partial charge in [-0.3, -0.25) is 9.59 Å². The molecule has 0 atom stereocenters. The molecule has 27 heavy (non-hydrogen) atoms. The fourth-order valence-electron chi connectivity index (χ4n) is 2.40. The molecule has 0 unspecified atom stereocenters. The third-order valence-corrected chi connectivity index (χ3v) is 4.12. The van der Waals surface area contributed by atoms with Crippen molar-refractivity contribution in [2.75, 3.05) is 10.6 Å². The lowest BCUT2D eigenvalue weighted by molar-refractivity contribution is 0.100. The molecule has 0 radical (unpaired) electrons. The van der Waals surface area contributed by atoms with Crippen molar-refractivity contribution >= 4 is 40.5 Å². The zero-order valence-corrected chi connectivity index (χ0v) is 15.5. The lowest BCUT2D eigenvalue weighted by Gasteiger charge is -2.09. The SMILES string of the molecule is CC(=O)c1cccc(NC(=O)c2ccc(Nc3cc(Cl)ccc3C)nn2)c1. The highest BCUT2D eigenvalue weighted by Gasteiger charge is 2.10. The minimum atomic E-state index is -0.409. The molecule has 3 rings (SSSR count). The Bertz CT molecular complexity index is 1000. The predicted octanol–water partition coefficient (Wildman–Crippen LogP) is 4.64. The molecule has 0 spiro atoms. The molecule has 0 aliphatic heterocycles. The van der Waals surface area contributed by atoms with Crippen molar-refractivity contribution in [2.24, 2.45) is 0 Å². The van der Waals surface area contributed by atoms with Crippen molar-refractivity contribution < 1.29 is 9.59 Å². The van der Waals surface area contributed by atoms with Crippen LogP contribution in [0.4, 0.5) is 17.2 Å². The quantitative estimate of drug-likeness (QED) is 0.630. The molecule has 0 saturated carbocycles. The van der Waals surface area contributed by atoms with E-state index in [0.29, 0.717) is 22.1 Å². The Morgan fingerprint density at radius 2 is 1.81 bits per heavy atom. The minimum absolute atomic E-state index is 0.0716. The van der Waals surface area contributed by atoms with E-state index < -0.39 is 5.91 Å². The maximum Gasteiger partial charge on any atom is 0.276 e. The van der Waals surface area contributed by atoms with Gasteiger partial charge < -0.3 is 10.6 Å². The molecular weight excluding hydrogens is 364 g/mol. The first-order chi connectivity index (χ1) is 12.9. The van der Waals surface area contributed by atoms with Crippen LogP contribution in [-0.4, -0.2) is 21.9 Å². The maximum absolute atomic E-state index is 12.3. The molecule has 0 saturated heterocycles. The summed E-state index contributed by atoms with van der Waals surface area (Å²) in [6.45, 7) is 3.42. The van der Waals surface area contributed by atoms with Gasteiger partial charge >= 0.3 is 0 Å². The number of Topliss-reactive ketones (excluding diaryl/α,β-unsaturated/α-hetero) is 1. The number of carbonyl (C=O) groups excluding carboxylic acids is 2. The summed E-state index contributed by atoms with van der Waals surface area (Å²) in [5.74, 6) is 0.0156. The lowest BCUT2D eigenvalue weighted by Crippen LogP contribution is -2.15. The van der Waals surface area contributed by atoms with E-state index in [2.05, 4.69) is 20.8 Å². The molecule has 2 N–H and O–H groups in total. The van der Waals surface area contributed by atoms with Crippen LogP contribution in [0.1, 0.15) is 33.3 Å². The van der Waals surface area contributed by atoms with E-state index in [1.165, 1.54) is 6.92 Å². The highest BCUT2D eigenvalue weighted by Crippen LogP contribution is 2.23. The molecule has 0 aliphatic rings. The average molecular weight is 381 g/mol. The van der Waals surface area contributed by atoms with Crippen LogP contribution in [0, 0.1) is 6.92 Å². The van der Waals surface area contributed by atoms with Gasteiger partial charge in [0.15, 0.2) is 17.3 Å². The molecule has 0 aliphatic carbocycles. The first-order valence-electron chi connectivity index (χ1n) is 8.21. The van der Waals surface area contributed by atoms with Gasteiger partial charge in [0.1, 0.15) is 0 Å². The second-order valence-corrected chi connectivity index (χ2v) is 6.42. The van der Waals surface area contributed by atoms with Crippen LogP contribution in [0.25, 0.3) is 0 Å². The van der Waals surface area contributed by atoms with Crippen LogP contribution in [0.2, 0.25) is 5.02 Å². The van der Waals surface area contributed by atoms with Crippen LogP contribution in [0.5, 0.6) is 0 Å². The second-order valence-electron chi connectivity index (χ2n) is 5.98. The van der Waals surface area contributed by atoms with Gasteiger partial charge in [0.05, 0.1) is 0 Å². The van der Waals surface area contributed by atoms with E-state index in [9.17, 15) is 9.59 Å². The number of rotatable bonds is 5. The van der Waals surface area contributed by atoms with Crippen molar-refractivity contribution in [3.05, 3.63) is 76.4 Å². The number of amides is 1. The Kier molecular flexibility index (Phi) is 5.47. The number of nitrogens with one attached hydrogen (secondary N) is 2. The van der Waals surface area contributed by atoms with Gasteiger partial charge in [-0.15, -0.1) is 10.2 Å². The first-order valence-corrected chi connectivity index (χ1v) is 8.59. The summed E-state index contributed by atoms with van der Waals surface area (Å²) in [5.41, 5.74) is 3.03. The van der Waals surface area contributed by atoms with E-state index in [1.54, 1.807) is 42.5 Å². The maximum atomic E-state index is 12.3. The molecule has 6 nitrogen and oxygen atoms in total. The summed E-state index contributed by atoms with van der Waals surface area (Å²) in [5, 5.41) is 14.4. The van der Waals surface area contributed by atoms with Crippen LogP contribution >= 0.6 is 11.6 Å². The number of aromatic nitrogens is 2. The number of hydrogen-bond acceptors (Lipinski definition) is 5. The van der Waals surface area contributed by atoms with E-state index >= 15 is 0 Å². The fraction of sp³-hybridized carbons (Fsp3) is 0.100. The minimum Gasteiger partial charge on any atom is -0.338 e. The molecule has 1 heterocycles. The number of aryl methyl sites for hydroxylation is 1. The summed E-state index contributed by atoms with van der Waals surface area (Å²) < 4.78 is 0. The molecular formula is C20H17ClN4O2. The number of hydrogen-bond donors (Lipinski definition) is 2. The van der Waals surface area contributed by atoms with Crippen LogP contribution in [0.3, 0.4) is 0 Å². The smallest absolute Gasteiger partial charge is 0.276 e. The summed E-state index contributed by atoms with van der Waals surface area (Å²) >= 11 is 6.01. The molecule has 1 amide bonds. The van der Waals surface area contributed by atoms with Crippen LogP contribution < -0.4 is 10.6 Å². The summed E-state index contributed by atoms with van der Waals surface area (Å²) in [6, 6.07) is 15.4. The van der Waals surface area contributed by atoms with Crippen molar-refractivity contribution in [3.63, 3.8) is 0 Å². The van der Waals surface area contributed by atoms with Crippen LogP contribution in [-0.2, 0) is 0 Å². The van der Waals surface area contributed by atoms with Gasteiger partial charge in [-0.1, -0.05) is 29.8 Å². The average Bonchev–Trinajstić information content (AvgIpc) is 2.65. The molecule has 0 fully saturated rings. The number of anilines is 3. The molecule has 136 valence electrons. The zero-order valence-electron chi connectivity index (χ0n) is 14.8. The number of carbonyl (C=O) groups is 2. The molecule has 3 aromatic rings. The summed E-state index contributed by atoms with van der Waals surface area (Å²) in [4.78, 5) is 23.8. The lowest BCUT2D eigenvalue weighted by atomic mass is 10.1. The molecule has 1 aromatic heterocycles. The van der Waals surface area contributed by atoms with E-state index in [0.717, 1.165) is 11.3 Å². The van der Waals surface area contributed by atoms with Gasteiger partial charge in [0.25, 0.3) is 5.91 Å². The Balaban J connectivity index is 1.71. The highest BCUT2D eigenvalue weighted by molar-refractivity contribution is 6.30. The Hall–Kier alpha value is -3.25. The van der Waals surface area contributed by atoms with Gasteiger partial charge in [-0.05, 0) is 55.8 Å². The van der Waals surface area contributed by atoms with Crippen molar-refractivity contribution in [1.82, 2.24) is 10.2 Å². The molecule has 2 aromatic carbocycles. The molecule has 7 heteroatoms. The van der Waals surface area contributed by atoms with E-state index in [4.69, 9.17) is 11.6 Å². The van der Waals surface area contributed by atoms with Crippen LogP contribution in [0.15, 0.2) is 54.6 Å². The standard InChI is InChI=1S/C20H17ClN4O2/c1-12-6-7-15(21)11-18(12)23-19-9-8-17(24-25-19)20(27)22-16-5-3-4-14(10-16)13(2)26/h3-11H,1-2H3,(H,22,27)(H,23,25). The van der Waals surface area contributed by atoms with Gasteiger partial charge in [0, 0.05) is 22.0 Å². The molecule has 0 bridgehead atoms. The van der Waals surface area contributed by atoms with Crippen molar-refractivity contribution in [3.8, 4) is 0 Å². The number of halogens is 1. The number of benzene rings is 2. The Morgan fingerprint density at radius 3 is 2.52 bits per heavy atom. The van der Waals surface area contributed by atoms with Crippen molar-refractivity contribution in [2.45, 2.75) is 13.8 Å². The second kappa shape index (κ2) is 7.97. The predicted molar refractivity (Wildman–Crippen MR) is 106 cm³/mol. The fourth-order valence-corrected chi connectivity index (χ4v) is 2.57. The van der Waals surface area contributed by atoms with Gasteiger partial charge in [0.2, 0.25) is 0 Å². The van der Waals surface area contributed by atoms with E-state index in [1.807, 2.05) is 19.1 Å².